The predicted octanol–water partition coefficient (Wildman–Crippen LogP) is 3.60. The Morgan fingerprint density at radius 2 is 1.70 bits per heavy atom. The SMILES string of the molecule is Cc1ccc(N2C(=O)C(c3ccc(C)c(C)c3)=C(N3CCCC(CO)C3)C2=O)cc1. The maximum atomic E-state index is 13.6. The summed E-state index contributed by atoms with van der Waals surface area (Å²) >= 11 is 0. The average Bonchev–Trinajstić information content (AvgIpc) is 3.01. The number of likely N-dealkylation sites (tertiary alicyclic amines) is 1. The van der Waals surface area contributed by atoms with Gasteiger partial charge >= 0.3 is 0 Å². The summed E-state index contributed by atoms with van der Waals surface area (Å²) in [6.07, 6.45) is 1.82. The van der Waals surface area contributed by atoms with Gasteiger partial charge < -0.3 is 10.0 Å². The van der Waals surface area contributed by atoms with Crippen LogP contribution < -0.4 is 4.90 Å². The fraction of sp³-hybridized carbons (Fsp3) is 0.360. The van der Waals surface area contributed by atoms with E-state index in [4.69, 9.17) is 0 Å². The third-order valence-electron chi connectivity index (χ3n) is 6.24. The van der Waals surface area contributed by atoms with Crippen LogP contribution in [0.2, 0.25) is 0 Å². The molecule has 5 heteroatoms. The number of anilines is 1. The summed E-state index contributed by atoms with van der Waals surface area (Å²) in [5.41, 5.74) is 5.58. The summed E-state index contributed by atoms with van der Waals surface area (Å²) < 4.78 is 0. The molecular formula is C25H28N2O3. The first-order valence-corrected chi connectivity index (χ1v) is 10.5. The maximum Gasteiger partial charge on any atom is 0.282 e. The number of rotatable bonds is 4. The van der Waals surface area contributed by atoms with Crippen LogP contribution in [0, 0.1) is 26.7 Å². The summed E-state index contributed by atoms with van der Waals surface area (Å²) in [6, 6.07) is 13.4. The molecule has 0 radical (unpaired) electrons. The number of hydrogen-bond acceptors (Lipinski definition) is 4. The van der Waals surface area contributed by atoms with Gasteiger partial charge in [0, 0.05) is 19.7 Å². The second kappa shape index (κ2) is 8.07. The lowest BCUT2D eigenvalue weighted by atomic mass is 9.96. The van der Waals surface area contributed by atoms with Crippen molar-refractivity contribution in [2.75, 3.05) is 24.6 Å². The largest absolute Gasteiger partial charge is 0.396 e. The van der Waals surface area contributed by atoms with E-state index in [1.165, 1.54) is 4.90 Å². The molecule has 2 aliphatic heterocycles. The van der Waals surface area contributed by atoms with E-state index in [1.54, 1.807) is 0 Å². The molecule has 1 unspecified atom stereocenters. The summed E-state index contributed by atoms with van der Waals surface area (Å²) in [6.45, 7) is 7.41. The molecule has 0 bridgehead atoms. The highest BCUT2D eigenvalue weighted by molar-refractivity contribution is 6.45. The maximum absolute atomic E-state index is 13.6. The van der Waals surface area contributed by atoms with E-state index in [0.29, 0.717) is 30.0 Å². The Morgan fingerprint density at radius 3 is 2.37 bits per heavy atom. The monoisotopic (exact) mass is 404 g/mol. The van der Waals surface area contributed by atoms with E-state index in [2.05, 4.69) is 0 Å². The van der Waals surface area contributed by atoms with Crippen LogP contribution in [0.15, 0.2) is 48.2 Å². The van der Waals surface area contributed by atoms with Gasteiger partial charge in [-0.3, -0.25) is 9.59 Å². The summed E-state index contributed by atoms with van der Waals surface area (Å²) in [5.74, 6) is -0.451. The first-order chi connectivity index (χ1) is 14.4. The minimum absolute atomic E-state index is 0.0898. The van der Waals surface area contributed by atoms with Gasteiger partial charge in [0.05, 0.1) is 11.3 Å². The zero-order chi connectivity index (χ0) is 21.4. The first kappa shape index (κ1) is 20.4. The van der Waals surface area contributed by atoms with Crippen molar-refractivity contribution < 1.29 is 14.7 Å². The Hall–Kier alpha value is -2.92. The number of nitrogens with zero attached hydrogens (tertiary/aromatic N) is 2. The molecule has 4 rings (SSSR count). The third-order valence-corrected chi connectivity index (χ3v) is 6.24. The van der Waals surface area contributed by atoms with Crippen molar-refractivity contribution in [3.63, 3.8) is 0 Å². The number of carbonyl (C=O) groups is 2. The smallest absolute Gasteiger partial charge is 0.282 e. The number of aliphatic hydroxyl groups is 1. The van der Waals surface area contributed by atoms with E-state index >= 15 is 0 Å². The van der Waals surface area contributed by atoms with Crippen LogP contribution in [-0.4, -0.2) is 41.5 Å². The van der Waals surface area contributed by atoms with Crippen LogP contribution in [0.4, 0.5) is 5.69 Å². The molecule has 2 aromatic rings. The molecule has 0 aromatic heterocycles. The van der Waals surface area contributed by atoms with Gasteiger partial charge in [-0.15, -0.1) is 0 Å². The molecule has 2 amide bonds. The highest BCUT2D eigenvalue weighted by Crippen LogP contribution is 2.37. The van der Waals surface area contributed by atoms with E-state index in [0.717, 1.165) is 35.1 Å². The van der Waals surface area contributed by atoms with Gasteiger partial charge in [0.25, 0.3) is 11.8 Å². The standard InChI is InChI=1S/C25H28N2O3/c1-16-6-10-21(11-7-16)27-24(29)22(20-9-8-17(2)18(3)13-20)23(25(27)30)26-12-4-5-19(14-26)15-28/h6-11,13,19,28H,4-5,12,14-15H2,1-3H3. The Bertz CT molecular complexity index is 1020. The van der Waals surface area contributed by atoms with Gasteiger partial charge in [-0.25, -0.2) is 4.90 Å². The normalized spacial score (nSPS) is 19.8. The molecule has 2 aliphatic rings. The molecule has 1 saturated heterocycles. The van der Waals surface area contributed by atoms with Crippen molar-refractivity contribution in [3.8, 4) is 0 Å². The molecule has 1 fully saturated rings. The van der Waals surface area contributed by atoms with Gasteiger partial charge in [0.2, 0.25) is 0 Å². The number of imide groups is 1. The van der Waals surface area contributed by atoms with E-state index < -0.39 is 0 Å². The van der Waals surface area contributed by atoms with Crippen molar-refractivity contribution in [3.05, 3.63) is 70.4 Å². The van der Waals surface area contributed by atoms with Crippen LogP contribution in [0.5, 0.6) is 0 Å². The zero-order valence-electron chi connectivity index (χ0n) is 17.8. The average molecular weight is 405 g/mol. The van der Waals surface area contributed by atoms with Gasteiger partial charge in [0.15, 0.2) is 0 Å². The van der Waals surface area contributed by atoms with Crippen molar-refractivity contribution in [2.24, 2.45) is 5.92 Å². The molecule has 0 saturated carbocycles. The van der Waals surface area contributed by atoms with Gasteiger partial charge in [-0.1, -0.05) is 35.9 Å². The minimum atomic E-state index is -0.284. The number of aliphatic hydroxyl groups excluding tert-OH is 1. The number of benzene rings is 2. The molecule has 156 valence electrons. The van der Waals surface area contributed by atoms with Crippen molar-refractivity contribution in [1.82, 2.24) is 4.90 Å². The number of amides is 2. The predicted molar refractivity (Wildman–Crippen MR) is 118 cm³/mol. The quantitative estimate of drug-likeness (QED) is 0.791. The van der Waals surface area contributed by atoms with E-state index in [-0.39, 0.29) is 24.3 Å². The van der Waals surface area contributed by atoms with E-state index in [9.17, 15) is 14.7 Å². The molecule has 30 heavy (non-hydrogen) atoms. The van der Waals surface area contributed by atoms with Crippen LogP contribution >= 0.6 is 0 Å². The molecule has 1 atom stereocenters. The topological polar surface area (TPSA) is 60.9 Å². The number of carbonyl (C=O) groups excluding carboxylic acids is 2. The second-order valence-electron chi connectivity index (χ2n) is 8.44. The zero-order valence-corrected chi connectivity index (χ0v) is 17.8. The lowest BCUT2D eigenvalue weighted by molar-refractivity contribution is -0.120. The molecule has 0 spiro atoms. The Morgan fingerprint density at radius 1 is 0.967 bits per heavy atom. The molecule has 2 aromatic carbocycles. The minimum Gasteiger partial charge on any atom is -0.396 e. The highest BCUT2D eigenvalue weighted by Gasteiger charge is 2.43. The number of piperidine rings is 1. The molecule has 2 heterocycles. The summed E-state index contributed by atoms with van der Waals surface area (Å²) in [5, 5.41) is 9.67. The van der Waals surface area contributed by atoms with Crippen LogP contribution in [-0.2, 0) is 9.59 Å². The van der Waals surface area contributed by atoms with E-state index in [1.807, 2.05) is 68.1 Å². The first-order valence-electron chi connectivity index (χ1n) is 10.5. The Kier molecular flexibility index (Phi) is 5.48. The lowest BCUT2D eigenvalue weighted by Gasteiger charge is -2.34. The fourth-order valence-electron chi connectivity index (χ4n) is 4.31. The second-order valence-corrected chi connectivity index (χ2v) is 8.44. The van der Waals surface area contributed by atoms with Crippen molar-refractivity contribution in [2.45, 2.75) is 33.6 Å². The third kappa shape index (κ3) is 3.54. The van der Waals surface area contributed by atoms with Gasteiger partial charge in [-0.05, 0) is 68.4 Å². The highest BCUT2D eigenvalue weighted by atomic mass is 16.3. The van der Waals surface area contributed by atoms with Crippen molar-refractivity contribution >= 4 is 23.1 Å². The fourth-order valence-corrected chi connectivity index (χ4v) is 4.31. The van der Waals surface area contributed by atoms with Crippen LogP contribution in [0.1, 0.15) is 35.1 Å². The van der Waals surface area contributed by atoms with Crippen molar-refractivity contribution in [1.29, 1.82) is 0 Å². The van der Waals surface area contributed by atoms with Gasteiger partial charge in [0.1, 0.15) is 5.70 Å². The molecule has 5 nitrogen and oxygen atoms in total. The Labute approximate surface area is 177 Å². The van der Waals surface area contributed by atoms with Crippen LogP contribution in [0.3, 0.4) is 0 Å². The lowest BCUT2D eigenvalue weighted by Crippen LogP contribution is -2.40. The number of hydrogen-bond donors (Lipinski definition) is 1. The Balaban J connectivity index is 1.83. The molecular weight excluding hydrogens is 376 g/mol. The molecule has 0 aliphatic carbocycles. The summed E-state index contributed by atoms with van der Waals surface area (Å²) in [4.78, 5) is 30.4. The summed E-state index contributed by atoms with van der Waals surface area (Å²) in [7, 11) is 0. The van der Waals surface area contributed by atoms with Crippen LogP contribution in [0.25, 0.3) is 5.57 Å². The number of aryl methyl sites for hydroxylation is 3. The molecule has 1 N–H and O–H groups in total. The van der Waals surface area contributed by atoms with Gasteiger partial charge in [-0.2, -0.15) is 0 Å².